The fourth-order valence-corrected chi connectivity index (χ4v) is 3.06. The van der Waals surface area contributed by atoms with E-state index in [9.17, 15) is 9.59 Å². The Balaban J connectivity index is 1.52. The maximum absolute atomic E-state index is 11.6. The van der Waals surface area contributed by atoms with Gasteiger partial charge in [-0.25, -0.2) is 4.79 Å². The summed E-state index contributed by atoms with van der Waals surface area (Å²) in [6.07, 6.45) is 3.79. The molecule has 0 heterocycles. The number of hydrogen-bond acceptors (Lipinski definition) is 4. The Bertz CT molecular complexity index is 437. The highest BCUT2D eigenvalue weighted by molar-refractivity contribution is 5.76. The lowest BCUT2D eigenvalue weighted by Crippen LogP contribution is -2.35. The Kier molecular flexibility index (Phi) is 6.53. The second kappa shape index (κ2) is 8.64. The van der Waals surface area contributed by atoms with Crippen molar-refractivity contribution in [3.63, 3.8) is 0 Å². The van der Waals surface area contributed by atoms with E-state index < -0.39 is 6.09 Å². The van der Waals surface area contributed by atoms with Gasteiger partial charge in [-0.05, 0) is 30.6 Å². The SMILES string of the molecule is O=C(CCO)NCCNC(=O)OCC1[C@H]2CCC#CCC[C@@H]12. The molecule has 22 heavy (non-hydrogen) atoms. The van der Waals surface area contributed by atoms with Gasteiger partial charge in [0, 0.05) is 32.4 Å². The largest absolute Gasteiger partial charge is 0.449 e. The minimum Gasteiger partial charge on any atom is -0.449 e. The molecule has 6 heteroatoms. The van der Waals surface area contributed by atoms with Crippen LogP contribution in [0.15, 0.2) is 0 Å². The van der Waals surface area contributed by atoms with Crippen LogP contribution in [-0.4, -0.2) is 43.4 Å². The highest BCUT2D eigenvalue weighted by Crippen LogP contribution is 2.52. The average Bonchev–Trinajstić information content (AvgIpc) is 3.11. The van der Waals surface area contributed by atoms with Crippen molar-refractivity contribution >= 4 is 12.0 Å². The van der Waals surface area contributed by atoms with Gasteiger partial charge in [0.1, 0.15) is 0 Å². The number of carbonyl (C=O) groups is 2. The third kappa shape index (κ3) is 5.23. The van der Waals surface area contributed by atoms with E-state index in [4.69, 9.17) is 9.84 Å². The molecule has 2 amide bonds. The van der Waals surface area contributed by atoms with Crippen molar-refractivity contribution in [2.75, 3.05) is 26.3 Å². The van der Waals surface area contributed by atoms with Crippen LogP contribution in [0.1, 0.15) is 32.1 Å². The Morgan fingerprint density at radius 2 is 1.73 bits per heavy atom. The van der Waals surface area contributed by atoms with E-state index in [0.717, 1.165) is 25.7 Å². The number of carbonyl (C=O) groups excluding carboxylic acids is 2. The van der Waals surface area contributed by atoms with Crippen LogP contribution < -0.4 is 10.6 Å². The number of ether oxygens (including phenoxy) is 1. The van der Waals surface area contributed by atoms with Gasteiger partial charge in [-0.2, -0.15) is 0 Å². The van der Waals surface area contributed by atoms with E-state index >= 15 is 0 Å². The molecule has 3 atom stereocenters. The molecule has 0 aliphatic heterocycles. The molecule has 0 aromatic carbocycles. The number of rotatable bonds is 7. The third-order valence-corrected chi connectivity index (χ3v) is 4.30. The predicted octanol–water partition coefficient (Wildman–Crippen LogP) is 0.651. The van der Waals surface area contributed by atoms with Gasteiger partial charge in [-0.1, -0.05) is 0 Å². The molecule has 1 unspecified atom stereocenters. The van der Waals surface area contributed by atoms with E-state index in [1.54, 1.807) is 0 Å². The molecule has 3 N–H and O–H groups in total. The second-order valence-electron chi connectivity index (χ2n) is 5.77. The van der Waals surface area contributed by atoms with Crippen LogP contribution in [-0.2, 0) is 9.53 Å². The number of nitrogens with one attached hydrogen (secondary N) is 2. The molecule has 2 aliphatic rings. The predicted molar refractivity (Wildman–Crippen MR) is 80.8 cm³/mol. The van der Waals surface area contributed by atoms with Crippen LogP contribution >= 0.6 is 0 Å². The first-order valence-electron chi connectivity index (χ1n) is 7.96. The maximum Gasteiger partial charge on any atom is 0.407 e. The van der Waals surface area contributed by atoms with Crippen molar-refractivity contribution in [1.82, 2.24) is 10.6 Å². The zero-order valence-corrected chi connectivity index (χ0v) is 12.8. The minimum atomic E-state index is -0.438. The van der Waals surface area contributed by atoms with E-state index in [1.165, 1.54) is 0 Å². The van der Waals surface area contributed by atoms with Gasteiger partial charge in [0.15, 0.2) is 0 Å². The summed E-state index contributed by atoms with van der Waals surface area (Å²) in [5.41, 5.74) is 0. The van der Waals surface area contributed by atoms with Gasteiger partial charge in [-0.15, -0.1) is 11.8 Å². The van der Waals surface area contributed by atoms with Gasteiger partial charge in [-0.3, -0.25) is 4.79 Å². The van der Waals surface area contributed by atoms with Gasteiger partial charge in [0.25, 0.3) is 0 Å². The molecular weight excluding hydrogens is 284 g/mol. The number of aliphatic hydroxyl groups is 1. The zero-order chi connectivity index (χ0) is 15.8. The fraction of sp³-hybridized carbons (Fsp3) is 0.750. The molecule has 1 fully saturated rings. The molecular formula is C16H24N2O4. The Morgan fingerprint density at radius 3 is 2.36 bits per heavy atom. The number of aliphatic hydroxyl groups excluding tert-OH is 1. The lowest BCUT2D eigenvalue weighted by Gasteiger charge is -2.07. The van der Waals surface area contributed by atoms with Gasteiger partial charge >= 0.3 is 6.09 Å². The van der Waals surface area contributed by atoms with Gasteiger partial charge < -0.3 is 20.5 Å². The summed E-state index contributed by atoms with van der Waals surface area (Å²) < 4.78 is 5.25. The molecule has 2 aliphatic carbocycles. The normalized spacial score (nSPS) is 25.6. The van der Waals surface area contributed by atoms with Crippen LogP contribution in [0.5, 0.6) is 0 Å². The number of fused-ring (bicyclic) bond motifs is 1. The molecule has 0 saturated heterocycles. The van der Waals surface area contributed by atoms with Gasteiger partial charge in [0.05, 0.1) is 13.2 Å². The van der Waals surface area contributed by atoms with Crippen molar-refractivity contribution in [2.24, 2.45) is 17.8 Å². The lowest BCUT2D eigenvalue weighted by atomic mass is 10.1. The summed E-state index contributed by atoms with van der Waals surface area (Å²) in [4.78, 5) is 22.7. The standard InChI is InChI=1S/C16H24N2O4/c19-10-7-15(20)17-8-9-18-16(21)22-11-14-12-5-3-1-2-4-6-13(12)14/h12-14,19H,3-11H2,(H,17,20)(H,18,21)/t12-,13+,14?. The summed E-state index contributed by atoms with van der Waals surface area (Å²) in [6, 6.07) is 0. The van der Waals surface area contributed by atoms with Crippen molar-refractivity contribution < 1.29 is 19.4 Å². The molecule has 0 bridgehead atoms. The lowest BCUT2D eigenvalue weighted by molar-refractivity contribution is -0.121. The maximum atomic E-state index is 11.6. The van der Waals surface area contributed by atoms with E-state index in [0.29, 0.717) is 37.5 Å². The first kappa shape index (κ1) is 16.6. The monoisotopic (exact) mass is 308 g/mol. The van der Waals surface area contributed by atoms with Gasteiger partial charge in [0.2, 0.25) is 5.91 Å². The second-order valence-corrected chi connectivity index (χ2v) is 5.77. The highest BCUT2D eigenvalue weighted by atomic mass is 16.5. The first-order valence-corrected chi connectivity index (χ1v) is 7.96. The summed E-state index contributed by atoms with van der Waals surface area (Å²) in [5, 5.41) is 13.8. The third-order valence-electron chi connectivity index (χ3n) is 4.30. The summed E-state index contributed by atoms with van der Waals surface area (Å²) >= 11 is 0. The first-order chi connectivity index (χ1) is 10.7. The van der Waals surface area contributed by atoms with Crippen molar-refractivity contribution in [3.05, 3.63) is 0 Å². The smallest absolute Gasteiger partial charge is 0.407 e. The Labute approximate surface area is 131 Å². The average molecular weight is 308 g/mol. The van der Waals surface area contributed by atoms with Crippen LogP contribution in [0, 0.1) is 29.6 Å². The molecule has 0 aromatic heterocycles. The van der Waals surface area contributed by atoms with Crippen molar-refractivity contribution in [1.29, 1.82) is 0 Å². The Morgan fingerprint density at radius 1 is 1.09 bits per heavy atom. The summed E-state index contributed by atoms with van der Waals surface area (Å²) in [6.45, 7) is 0.954. The molecule has 0 radical (unpaired) electrons. The summed E-state index contributed by atoms with van der Waals surface area (Å²) in [5.74, 6) is 7.91. The quantitative estimate of drug-likeness (QED) is 0.476. The van der Waals surface area contributed by atoms with Crippen LogP contribution in [0.4, 0.5) is 4.79 Å². The van der Waals surface area contributed by atoms with Crippen LogP contribution in [0.3, 0.4) is 0 Å². The van der Waals surface area contributed by atoms with Crippen molar-refractivity contribution in [2.45, 2.75) is 32.1 Å². The molecule has 122 valence electrons. The minimum absolute atomic E-state index is 0.0820. The van der Waals surface area contributed by atoms with Crippen molar-refractivity contribution in [3.8, 4) is 11.8 Å². The van der Waals surface area contributed by atoms with E-state index in [2.05, 4.69) is 22.5 Å². The molecule has 2 rings (SSSR count). The molecule has 0 spiro atoms. The molecule has 0 aromatic rings. The molecule has 1 saturated carbocycles. The number of amides is 2. The topological polar surface area (TPSA) is 87.7 Å². The van der Waals surface area contributed by atoms with Crippen LogP contribution in [0.2, 0.25) is 0 Å². The number of alkyl carbamates (subject to hydrolysis) is 1. The fourth-order valence-electron chi connectivity index (χ4n) is 3.06. The van der Waals surface area contributed by atoms with E-state index in [1.807, 2.05) is 0 Å². The van der Waals surface area contributed by atoms with Crippen LogP contribution in [0.25, 0.3) is 0 Å². The van der Waals surface area contributed by atoms with E-state index in [-0.39, 0.29) is 18.9 Å². The number of hydrogen-bond donors (Lipinski definition) is 3. The zero-order valence-electron chi connectivity index (χ0n) is 12.8. The summed E-state index contributed by atoms with van der Waals surface area (Å²) in [7, 11) is 0. The molecule has 6 nitrogen and oxygen atoms in total. The highest BCUT2D eigenvalue weighted by Gasteiger charge is 2.49. The Hall–Kier alpha value is -1.74.